The van der Waals surface area contributed by atoms with Crippen LogP contribution in [0.15, 0.2) is 28.4 Å². The number of barbiturate groups is 1. The molecule has 1 fully saturated rings. The quantitative estimate of drug-likeness (QED) is 0.421. The molecule has 3 rings (SSSR count). The SMILES string of the molecule is COc1cc(C=C2C(=O)NC(=O)NC2=O)ccc1OCc1c(C)no[n+]1[O-]. The number of carbonyl (C=O) groups is 3. The van der Waals surface area contributed by atoms with Crippen LogP contribution in [0.4, 0.5) is 4.79 Å². The molecule has 0 atom stereocenters. The molecule has 11 heteroatoms. The number of amides is 4. The molecule has 27 heavy (non-hydrogen) atoms. The third kappa shape index (κ3) is 3.71. The Labute approximate surface area is 152 Å². The number of benzene rings is 1. The topological polar surface area (TPSA) is 147 Å². The molecule has 2 aromatic rings. The molecule has 140 valence electrons. The van der Waals surface area contributed by atoms with Gasteiger partial charge < -0.3 is 14.7 Å². The van der Waals surface area contributed by atoms with Crippen molar-refractivity contribution in [1.29, 1.82) is 0 Å². The lowest BCUT2D eigenvalue weighted by molar-refractivity contribution is -0.808. The van der Waals surface area contributed by atoms with Crippen LogP contribution in [0.25, 0.3) is 6.08 Å². The molecule has 0 unspecified atom stereocenters. The van der Waals surface area contributed by atoms with E-state index in [2.05, 4.69) is 9.79 Å². The second kappa shape index (κ2) is 7.15. The number of imide groups is 2. The van der Waals surface area contributed by atoms with Gasteiger partial charge in [0.05, 0.1) is 7.11 Å². The first-order chi connectivity index (χ1) is 12.9. The van der Waals surface area contributed by atoms with Crippen molar-refractivity contribution in [3.63, 3.8) is 0 Å². The van der Waals surface area contributed by atoms with Crippen molar-refractivity contribution in [3.8, 4) is 11.5 Å². The van der Waals surface area contributed by atoms with Gasteiger partial charge >= 0.3 is 6.03 Å². The molecule has 1 aliphatic rings. The van der Waals surface area contributed by atoms with Gasteiger partial charge in [0.25, 0.3) is 11.8 Å². The van der Waals surface area contributed by atoms with Gasteiger partial charge in [0.2, 0.25) is 11.4 Å². The first-order valence-corrected chi connectivity index (χ1v) is 7.63. The van der Waals surface area contributed by atoms with E-state index in [1.807, 2.05) is 10.6 Å². The number of aryl methyl sites for hydroxylation is 1. The Morgan fingerprint density at radius 2 is 1.93 bits per heavy atom. The second-order valence-electron chi connectivity index (χ2n) is 5.46. The molecule has 1 aromatic heterocycles. The van der Waals surface area contributed by atoms with Crippen LogP contribution in [-0.2, 0) is 16.2 Å². The standard InChI is InChI=1S/C16H14N4O7/c1-8-11(20(24)27-19-8)7-26-12-4-3-9(6-13(12)25-2)5-10-14(21)17-16(23)18-15(10)22/h3-6H,7H2,1-2H3,(H2,17,18,21,22,23). The number of aromatic nitrogens is 2. The summed E-state index contributed by atoms with van der Waals surface area (Å²) in [6.45, 7) is 1.51. The molecule has 1 aromatic carbocycles. The Morgan fingerprint density at radius 1 is 1.22 bits per heavy atom. The van der Waals surface area contributed by atoms with Gasteiger partial charge in [-0.2, -0.15) is 0 Å². The van der Waals surface area contributed by atoms with Crippen LogP contribution >= 0.6 is 0 Å². The maximum atomic E-state index is 11.8. The average Bonchev–Trinajstić information content (AvgIpc) is 2.94. The fourth-order valence-electron chi connectivity index (χ4n) is 2.30. The van der Waals surface area contributed by atoms with Crippen molar-refractivity contribution in [2.75, 3.05) is 7.11 Å². The molecule has 0 bridgehead atoms. The van der Waals surface area contributed by atoms with Crippen molar-refractivity contribution in [3.05, 3.63) is 45.9 Å². The fraction of sp³-hybridized carbons (Fsp3) is 0.188. The number of methoxy groups -OCH3 is 1. The number of hydrogen-bond acceptors (Lipinski definition) is 8. The Balaban J connectivity index is 1.82. The smallest absolute Gasteiger partial charge is 0.328 e. The Kier molecular flexibility index (Phi) is 4.75. The van der Waals surface area contributed by atoms with Crippen LogP contribution in [0.2, 0.25) is 0 Å². The van der Waals surface area contributed by atoms with Gasteiger partial charge in [0, 0.05) is 12.1 Å². The van der Waals surface area contributed by atoms with E-state index in [0.717, 1.165) is 0 Å². The number of urea groups is 1. The summed E-state index contributed by atoms with van der Waals surface area (Å²) in [5.74, 6) is -0.964. The minimum Gasteiger partial charge on any atom is -0.493 e. The van der Waals surface area contributed by atoms with Crippen LogP contribution in [0.1, 0.15) is 17.0 Å². The van der Waals surface area contributed by atoms with Gasteiger partial charge in [-0.3, -0.25) is 24.9 Å². The summed E-state index contributed by atoms with van der Waals surface area (Å²) in [5, 5.41) is 18.9. The zero-order chi connectivity index (χ0) is 19.6. The molecule has 1 aliphatic heterocycles. The predicted molar refractivity (Wildman–Crippen MR) is 87.2 cm³/mol. The number of hydrogen-bond donors (Lipinski definition) is 2. The summed E-state index contributed by atoms with van der Waals surface area (Å²) in [7, 11) is 1.41. The molecule has 2 N–H and O–H groups in total. The van der Waals surface area contributed by atoms with Crippen LogP contribution < -0.4 is 25.0 Å². The van der Waals surface area contributed by atoms with Crippen LogP contribution in [0, 0.1) is 12.1 Å². The van der Waals surface area contributed by atoms with Gasteiger partial charge in [-0.15, -0.1) is 0 Å². The zero-order valence-electron chi connectivity index (χ0n) is 14.3. The highest BCUT2D eigenvalue weighted by Crippen LogP contribution is 2.29. The highest BCUT2D eigenvalue weighted by Gasteiger charge is 2.27. The Hall–Kier alpha value is -3.89. The summed E-state index contributed by atoms with van der Waals surface area (Å²) in [6, 6.07) is 3.79. The van der Waals surface area contributed by atoms with E-state index in [1.54, 1.807) is 19.1 Å². The maximum Gasteiger partial charge on any atom is 0.328 e. The van der Waals surface area contributed by atoms with E-state index >= 15 is 0 Å². The number of ether oxygens (including phenoxy) is 2. The van der Waals surface area contributed by atoms with Gasteiger partial charge in [0.1, 0.15) is 5.57 Å². The summed E-state index contributed by atoms with van der Waals surface area (Å²) < 4.78 is 15.3. The fourth-order valence-corrected chi connectivity index (χ4v) is 2.30. The summed E-state index contributed by atoms with van der Waals surface area (Å²) in [6.07, 6.45) is 1.30. The van der Waals surface area contributed by atoms with Crippen molar-refractivity contribution in [2.24, 2.45) is 0 Å². The third-order valence-electron chi connectivity index (χ3n) is 3.70. The van der Waals surface area contributed by atoms with E-state index in [9.17, 15) is 19.6 Å². The maximum absolute atomic E-state index is 11.8. The predicted octanol–water partition coefficient (Wildman–Crippen LogP) is -0.0466. The Morgan fingerprint density at radius 3 is 2.52 bits per heavy atom. The highest BCUT2D eigenvalue weighted by atomic mass is 16.8. The molecule has 4 amide bonds. The Bertz CT molecular complexity index is 922. The van der Waals surface area contributed by atoms with Crippen LogP contribution in [0.5, 0.6) is 11.5 Å². The molecule has 1 saturated heterocycles. The van der Waals surface area contributed by atoms with Crippen molar-refractivity contribution >= 4 is 23.9 Å². The van der Waals surface area contributed by atoms with Gasteiger partial charge in [-0.05, 0) is 28.7 Å². The third-order valence-corrected chi connectivity index (χ3v) is 3.70. The number of carbonyl (C=O) groups excluding carboxylic acids is 3. The minimum absolute atomic E-state index is 0.0947. The molecule has 0 saturated carbocycles. The van der Waals surface area contributed by atoms with E-state index in [0.29, 0.717) is 22.8 Å². The van der Waals surface area contributed by atoms with Gasteiger partial charge in [-0.25, -0.2) is 4.79 Å². The molecular weight excluding hydrogens is 360 g/mol. The second-order valence-corrected chi connectivity index (χ2v) is 5.46. The van der Waals surface area contributed by atoms with Crippen molar-refractivity contribution in [1.82, 2.24) is 15.8 Å². The lowest BCUT2D eigenvalue weighted by Gasteiger charge is -2.14. The molecule has 0 spiro atoms. The molecule has 0 radical (unpaired) electrons. The lowest BCUT2D eigenvalue weighted by atomic mass is 10.1. The molecule has 11 nitrogen and oxygen atoms in total. The number of nitrogens with one attached hydrogen (secondary N) is 2. The first-order valence-electron chi connectivity index (χ1n) is 7.63. The highest BCUT2D eigenvalue weighted by molar-refractivity contribution is 6.31. The summed E-state index contributed by atoms with van der Waals surface area (Å²) in [5.41, 5.74) is 0.851. The van der Waals surface area contributed by atoms with E-state index in [-0.39, 0.29) is 22.8 Å². The number of rotatable bonds is 5. The van der Waals surface area contributed by atoms with Gasteiger partial charge in [-0.1, -0.05) is 6.07 Å². The first kappa shape index (κ1) is 17.9. The van der Waals surface area contributed by atoms with E-state index < -0.39 is 17.8 Å². The molecular formula is C16H14N4O7. The average molecular weight is 374 g/mol. The normalized spacial score (nSPS) is 13.9. The zero-order valence-corrected chi connectivity index (χ0v) is 14.3. The van der Waals surface area contributed by atoms with Crippen molar-refractivity contribution in [2.45, 2.75) is 13.5 Å². The van der Waals surface area contributed by atoms with Crippen LogP contribution in [0.3, 0.4) is 0 Å². The van der Waals surface area contributed by atoms with Crippen LogP contribution in [-0.4, -0.2) is 30.1 Å². The molecule has 2 heterocycles. The monoisotopic (exact) mass is 374 g/mol. The van der Waals surface area contributed by atoms with Gasteiger partial charge in [0.15, 0.2) is 18.1 Å². The molecule has 0 aliphatic carbocycles. The number of nitrogens with zero attached hydrogens (tertiary/aromatic N) is 2. The summed E-state index contributed by atoms with van der Waals surface area (Å²) >= 11 is 0. The largest absolute Gasteiger partial charge is 0.493 e. The lowest BCUT2D eigenvalue weighted by Crippen LogP contribution is -2.51. The minimum atomic E-state index is -0.872. The van der Waals surface area contributed by atoms with E-state index in [4.69, 9.17) is 9.47 Å². The van der Waals surface area contributed by atoms with E-state index in [1.165, 1.54) is 19.3 Å². The summed E-state index contributed by atoms with van der Waals surface area (Å²) in [4.78, 5) is 34.9. The van der Waals surface area contributed by atoms with Crippen molar-refractivity contribution < 1.29 is 33.4 Å².